The van der Waals surface area contributed by atoms with E-state index in [4.69, 9.17) is 9.47 Å². The maximum atomic E-state index is 12.3. The summed E-state index contributed by atoms with van der Waals surface area (Å²) in [5.41, 5.74) is 2.89. The Balaban J connectivity index is 2.01. The molecule has 2 aromatic carbocycles. The van der Waals surface area contributed by atoms with Crippen molar-refractivity contribution in [3.05, 3.63) is 59.2 Å². The molecule has 3 rings (SSSR count). The number of hydrogen-bond acceptors (Lipinski definition) is 4. The van der Waals surface area contributed by atoms with E-state index in [1.54, 1.807) is 12.1 Å². The Kier molecular flexibility index (Phi) is 5.27. The molecule has 148 valence electrons. The van der Waals surface area contributed by atoms with Gasteiger partial charge in [-0.15, -0.1) is 13.2 Å². The molecular formula is C21H19F3O4. The largest absolute Gasteiger partial charge is 0.573 e. The van der Waals surface area contributed by atoms with Crippen LogP contribution in [-0.4, -0.2) is 18.6 Å². The van der Waals surface area contributed by atoms with Crippen LogP contribution < -0.4 is 14.2 Å². The van der Waals surface area contributed by atoms with Gasteiger partial charge >= 0.3 is 6.36 Å². The highest BCUT2D eigenvalue weighted by Gasteiger charge is 2.31. The quantitative estimate of drug-likeness (QED) is 0.725. The van der Waals surface area contributed by atoms with Crippen LogP contribution in [0.15, 0.2) is 42.5 Å². The van der Waals surface area contributed by atoms with Gasteiger partial charge in [-0.1, -0.05) is 13.0 Å². The average Bonchev–Trinajstić information content (AvgIpc) is 2.66. The van der Waals surface area contributed by atoms with Gasteiger partial charge in [0.1, 0.15) is 17.3 Å². The lowest BCUT2D eigenvalue weighted by Gasteiger charge is -2.24. The number of benzene rings is 2. The monoisotopic (exact) mass is 392 g/mol. The van der Waals surface area contributed by atoms with Crippen LogP contribution in [0.25, 0.3) is 11.3 Å². The molecule has 0 aliphatic carbocycles. The highest BCUT2D eigenvalue weighted by atomic mass is 19.4. The summed E-state index contributed by atoms with van der Waals surface area (Å²) in [7, 11) is 1.45. The zero-order valence-corrected chi connectivity index (χ0v) is 15.6. The molecule has 0 unspecified atom stereocenters. The fourth-order valence-electron chi connectivity index (χ4n) is 3.12. The second kappa shape index (κ2) is 7.50. The number of fused-ring (bicyclic) bond motifs is 1. The van der Waals surface area contributed by atoms with E-state index in [1.165, 1.54) is 31.4 Å². The van der Waals surface area contributed by atoms with Crippen molar-refractivity contribution in [1.82, 2.24) is 0 Å². The van der Waals surface area contributed by atoms with E-state index in [1.807, 2.05) is 19.9 Å². The van der Waals surface area contributed by atoms with Crippen LogP contribution in [0.1, 0.15) is 30.5 Å². The number of phenolic OH excluding ortho intramolecular Hbond substituents is 1. The molecule has 1 N–H and O–H groups in total. The van der Waals surface area contributed by atoms with E-state index in [0.717, 1.165) is 11.1 Å². The number of ether oxygens (including phenoxy) is 3. The van der Waals surface area contributed by atoms with Gasteiger partial charge in [-0.05, 0) is 49.3 Å². The third kappa shape index (κ3) is 3.78. The van der Waals surface area contributed by atoms with Crippen molar-refractivity contribution in [2.24, 2.45) is 0 Å². The van der Waals surface area contributed by atoms with Crippen LogP contribution in [0.2, 0.25) is 0 Å². The normalized spacial score (nSPS) is 14.9. The lowest BCUT2D eigenvalue weighted by molar-refractivity contribution is -0.274. The van der Waals surface area contributed by atoms with Crippen LogP contribution in [0.5, 0.6) is 23.0 Å². The number of hydrogen-bond donors (Lipinski definition) is 1. The Bertz CT molecular complexity index is 942. The molecule has 1 aliphatic heterocycles. The van der Waals surface area contributed by atoms with Gasteiger partial charge in [0.25, 0.3) is 0 Å². The van der Waals surface area contributed by atoms with E-state index < -0.39 is 6.36 Å². The first-order chi connectivity index (χ1) is 13.3. The van der Waals surface area contributed by atoms with Crippen molar-refractivity contribution in [3.63, 3.8) is 0 Å². The first-order valence-corrected chi connectivity index (χ1v) is 8.62. The summed E-state index contributed by atoms with van der Waals surface area (Å²) >= 11 is 0. The third-order valence-electron chi connectivity index (χ3n) is 4.38. The van der Waals surface area contributed by atoms with Gasteiger partial charge in [0, 0.05) is 22.8 Å². The number of aromatic hydroxyl groups is 1. The van der Waals surface area contributed by atoms with Crippen LogP contribution in [0, 0.1) is 0 Å². The molecule has 0 aromatic heterocycles. The third-order valence-corrected chi connectivity index (χ3v) is 4.38. The molecule has 4 nitrogen and oxygen atoms in total. The molecule has 28 heavy (non-hydrogen) atoms. The molecule has 1 heterocycles. The maximum Gasteiger partial charge on any atom is 0.573 e. The summed E-state index contributed by atoms with van der Waals surface area (Å²) in [5, 5.41) is 10.4. The first kappa shape index (κ1) is 19.7. The van der Waals surface area contributed by atoms with Gasteiger partial charge in [-0.25, -0.2) is 0 Å². The Morgan fingerprint density at radius 2 is 1.86 bits per heavy atom. The van der Waals surface area contributed by atoms with Gasteiger partial charge < -0.3 is 19.3 Å². The summed E-state index contributed by atoms with van der Waals surface area (Å²) in [6.07, 6.45) is -0.506. The molecular weight excluding hydrogens is 373 g/mol. The Morgan fingerprint density at radius 3 is 2.39 bits per heavy atom. The lowest BCUT2D eigenvalue weighted by Crippen LogP contribution is -2.17. The van der Waals surface area contributed by atoms with E-state index in [2.05, 4.69) is 4.74 Å². The van der Waals surface area contributed by atoms with E-state index >= 15 is 0 Å². The van der Waals surface area contributed by atoms with Crippen molar-refractivity contribution < 1.29 is 32.5 Å². The van der Waals surface area contributed by atoms with Gasteiger partial charge in [0.2, 0.25) is 0 Å². The number of methoxy groups -OCH3 is 1. The maximum absolute atomic E-state index is 12.3. The zero-order valence-electron chi connectivity index (χ0n) is 15.6. The number of halogens is 3. The summed E-state index contributed by atoms with van der Waals surface area (Å²) < 4.78 is 52.1. The van der Waals surface area contributed by atoms with E-state index in [9.17, 15) is 18.3 Å². The van der Waals surface area contributed by atoms with Gasteiger partial charge in [0.05, 0.1) is 7.11 Å². The predicted octanol–water partition coefficient (Wildman–Crippen LogP) is 5.70. The molecule has 7 heteroatoms. The second-order valence-corrected chi connectivity index (χ2v) is 6.06. The average molecular weight is 392 g/mol. The predicted molar refractivity (Wildman–Crippen MR) is 99.4 cm³/mol. The zero-order chi connectivity index (χ0) is 20.5. The van der Waals surface area contributed by atoms with Crippen molar-refractivity contribution in [2.45, 2.75) is 26.6 Å². The molecule has 1 aliphatic rings. The summed E-state index contributed by atoms with van der Waals surface area (Å²) in [4.78, 5) is 0. The molecule has 0 spiro atoms. The molecule has 0 fully saturated rings. The van der Waals surface area contributed by atoms with Gasteiger partial charge in [-0.2, -0.15) is 0 Å². The molecule has 0 amide bonds. The van der Waals surface area contributed by atoms with Crippen LogP contribution in [0.4, 0.5) is 13.2 Å². The number of rotatable bonds is 4. The van der Waals surface area contributed by atoms with Crippen molar-refractivity contribution >= 4 is 11.3 Å². The number of allylic oxidation sites excluding steroid dienone is 3. The smallest absolute Gasteiger partial charge is 0.504 e. The summed E-state index contributed by atoms with van der Waals surface area (Å²) in [5.74, 6) is 1.03. The second-order valence-electron chi connectivity index (χ2n) is 6.06. The lowest BCUT2D eigenvalue weighted by atomic mass is 9.92. The van der Waals surface area contributed by atoms with Crippen LogP contribution in [-0.2, 0) is 6.42 Å². The fourth-order valence-corrected chi connectivity index (χ4v) is 3.12. The Labute approximate surface area is 160 Å². The SMILES string of the molecule is CC=C1C=C(c2ccc(OC(F)(F)F)cc2)Oc2cc(OC)c(O)c(CC)c21. The minimum Gasteiger partial charge on any atom is -0.504 e. The molecule has 0 radical (unpaired) electrons. The first-order valence-electron chi connectivity index (χ1n) is 8.62. The van der Waals surface area contributed by atoms with Gasteiger partial charge in [-0.3, -0.25) is 0 Å². The fraction of sp³-hybridized carbons (Fsp3) is 0.238. The molecule has 0 saturated carbocycles. The van der Waals surface area contributed by atoms with Crippen LogP contribution >= 0.6 is 0 Å². The summed E-state index contributed by atoms with van der Waals surface area (Å²) in [6, 6.07) is 7.04. The van der Waals surface area contributed by atoms with Gasteiger partial charge in [0.15, 0.2) is 11.5 Å². The molecule has 2 aromatic rings. The topological polar surface area (TPSA) is 47.9 Å². The van der Waals surface area contributed by atoms with E-state index in [-0.39, 0.29) is 11.5 Å². The molecule has 0 atom stereocenters. The summed E-state index contributed by atoms with van der Waals surface area (Å²) in [6.45, 7) is 3.78. The number of phenols is 1. The highest BCUT2D eigenvalue weighted by molar-refractivity contribution is 5.90. The van der Waals surface area contributed by atoms with Crippen molar-refractivity contribution in [2.75, 3.05) is 7.11 Å². The standard InChI is InChI=1S/C21H19F3O4/c1-4-12-10-16(13-6-8-14(9-7-13)28-21(22,23)24)27-17-11-18(26-3)20(25)15(5-2)19(12)17/h4,6-11,25H,5H2,1-3H3. The minimum absolute atomic E-state index is 0.0669. The number of alkyl halides is 3. The van der Waals surface area contributed by atoms with Crippen molar-refractivity contribution in [1.29, 1.82) is 0 Å². The molecule has 0 bridgehead atoms. The Hall–Kier alpha value is -3.09. The minimum atomic E-state index is -4.74. The highest BCUT2D eigenvalue weighted by Crippen LogP contribution is 2.46. The molecule has 0 saturated heterocycles. The van der Waals surface area contributed by atoms with E-state index in [0.29, 0.717) is 34.8 Å². The Morgan fingerprint density at radius 1 is 1.18 bits per heavy atom. The van der Waals surface area contributed by atoms with Crippen LogP contribution in [0.3, 0.4) is 0 Å². The van der Waals surface area contributed by atoms with Crippen molar-refractivity contribution in [3.8, 4) is 23.0 Å².